The Hall–Kier alpha value is -3.92. The minimum absolute atomic E-state index is 0.0306. The number of nitrogens with zero attached hydrogens (tertiary/aromatic N) is 1. The summed E-state index contributed by atoms with van der Waals surface area (Å²) in [5.41, 5.74) is 2.34. The Labute approximate surface area is 219 Å². The van der Waals surface area contributed by atoms with Crippen LogP contribution in [0, 0.1) is 10.1 Å². The third-order valence-corrected chi connectivity index (χ3v) is 6.73. The van der Waals surface area contributed by atoms with Gasteiger partial charge in [-0.2, -0.15) is 0 Å². The predicted octanol–water partition coefficient (Wildman–Crippen LogP) is 4.09. The van der Waals surface area contributed by atoms with Crippen LogP contribution in [0.2, 0.25) is 0 Å². The summed E-state index contributed by atoms with van der Waals surface area (Å²) in [6, 6.07) is 15.2. The number of carbonyl (C=O) groups is 3. The van der Waals surface area contributed by atoms with Gasteiger partial charge in [0, 0.05) is 35.7 Å². The van der Waals surface area contributed by atoms with Gasteiger partial charge in [0.05, 0.1) is 41.5 Å². The Balaban J connectivity index is 1.98. The maximum absolute atomic E-state index is 13.2. The van der Waals surface area contributed by atoms with E-state index in [9.17, 15) is 24.5 Å². The van der Waals surface area contributed by atoms with Gasteiger partial charge in [0.15, 0.2) is 0 Å². The quantitative estimate of drug-likeness (QED) is 0.263. The van der Waals surface area contributed by atoms with E-state index in [1.54, 1.807) is 19.9 Å². The molecule has 0 saturated carbocycles. The van der Waals surface area contributed by atoms with Crippen LogP contribution in [0.5, 0.6) is 0 Å². The first-order valence-electron chi connectivity index (χ1n) is 11.6. The summed E-state index contributed by atoms with van der Waals surface area (Å²) in [4.78, 5) is 49.4. The van der Waals surface area contributed by atoms with Crippen LogP contribution in [0.4, 0.5) is 5.69 Å². The summed E-state index contributed by atoms with van der Waals surface area (Å²) in [6.07, 6.45) is 0.298. The molecule has 0 amide bonds. The van der Waals surface area contributed by atoms with Crippen molar-refractivity contribution in [1.82, 2.24) is 5.32 Å². The van der Waals surface area contributed by atoms with Crippen LogP contribution >= 0.6 is 11.8 Å². The van der Waals surface area contributed by atoms with Crippen molar-refractivity contribution in [2.75, 3.05) is 25.2 Å². The van der Waals surface area contributed by atoms with Crippen molar-refractivity contribution < 1.29 is 28.8 Å². The third-order valence-electron chi connectivity index (χ3n) is 5.71. The smallest absolute Gasteiger partial charge is 0.336 e. The monoisotopic (exact) mass is 524 g/mol. The number of thioether (sulfide) groups is 1. The lowest BCUT2D eigenvalue weighted by atomic mass is 9.80. The summed E-state index contributed by atoms with van der Waals surface area (Å²) >= 11 is 1.32. The second-order valence-corrected chi connectivity index (χ2v) is 9.23. The van der Waals surface area contributed by atoms with Gasteiger partial charge in [0.1, 0.15) is 5.78 Å². The van der Waals surface area contributed by atoms with Crippen LogP contribution in [-0.2, 0) is 30.3 Å². The van der Waals surface area contributed by atoms with Gasteiger partial charge in [0.25, 0.3) is 5.69 Å². The Morgan fingerprint density at radius 1 is 1.05 bits per heavy atom. The topological polar surface area (TPSA) is 125 Å². The molecule has 3 rings (SSSR count). The fraction of sp³-hybridized carbons (Fsp3) is 0.296. The Kier molecular flexibility index (Phi) is 9.62. The number of non-ortho nitro benzene ring substituents is 1. The SMILES string of the molecule is CCOC(=O)C1=C(CSCC(=O)Cc2ccccc2)NC(C)=C(C(=O)OC)C1c1cccc([N+](=O)[O-])c1. The summed E-state index contributed by atoms with van der Waals surface area (Å²) in [7, 11) is 1.23. The molecule has 0 bridgehead atoms. The number of esters is 2. The molecule has 1 unspecified atom stereocenters. The number of benzene rings is 2. The van der Waals surface area contributed by atoms with E-state index in [0.717, 1.165) is 5.56 Å². The summed E-state index contributed by atoms with van der Waals surface area (Å²) in [5, 5.41) is 14.6. The van der Waals surface area contributed by atoms with E-state index < -0.39 is 22.8 Å². The fourth-order valence-electron chi connectivity index (χ4n) is 4.13. The molecule has 194 valence electrons. The van der Waals surface area contributed by atoms with Gasteiger partial charge in [-0.1, -0.05) is 42.5 Å². The number of carbonyl (C=O) groups excluding carboxylic acids is 3. The zero-order valence-electron chi connectivity index (χ0n) is 20.8. The highest BCUT2D eigenvalue weighted by Gasteiger charge is 2.39. The highest BCUT2D eigenvalue weighted by atomic mass is 32.2. The zero-order chi connectivity index (χ0) is 26.9. The molecule has 2 aromatic rings. The number of rotatable bonds is 11. The van der Waals surface area contributed by atoms with Crippen molar-refractivity contribution in [3.8, 4) is 0 Å². The Morgan fingerprint density at radius 2 is 1.78 bits per heavy atom. The number of nitro benzene ring substituents is 1. The second kappa shape index (κ2) is 12.9. The highest BCUT2D eigenvalue weighted by Crippen LogP contribution is 2.40. The molecule has 0 spiro atoms. The first-order valence-corrected chi connectivity index (χ1v) is 12.8. The number of methoxy groups -OCH3 is 1. The number of nitrogens with one attached hydrogen (secondary N) is 1. The molecule has 0 fully saturated rings. The molecule has 0 aromatic heterocycles. The van der Waals surface area contributed by atoms with E-state index >= 15 is 0 Å². The molecule has 1 atom stereocenters. The maximum Gasteiger partial charge on any atom is 0.336 e. The van der Waals surface area contributed by atoms with Gasteiger partial charge in [-0.15, -0.1) is 11.8 Å². The van der Waals surface area contributed by atoms with Crippen molar-refractivity contribution in [2.24, 2.45) is 0 Å². The lowest BCUT2D eigenvalue weighted by Crippen LogP contribution is -2.34. The highest BCUT2D eigenvalue weighted by molar-refractivity contribution is 8.00. The molecule has 10 heteroatoms. The van der Waals surface area contributed by atoms with E-state index in [1.807, 2.05) is 30.3 Å². The van der Waals surface area contributed by atoms with Crippen LogP contribution in [0.15, 0.2) is 77.1 Å². The largest absolute Gasteiger partial charge is 0.466 e. The molecule has 9 nitrogen and oxygen atoms in total. The van der Waals surface area contributed by atoms with E-state index in [4.69, 9.17) is 9.47 Å². The lowest BCUT2D eigenvalue weighted by molar-refractivity contribution is -0.384. The average Bonchev–Trinajstić information content (AvgIpc) is 2.88. The molecule has 1 heterocycles. The van der Waals surface area contributed by atoms with Crippen molar-refractivity contribution in [2.45, 2.75) is 26.2 Å². The van der Waals surface area contributed by atoms with Crippen LogP contribution in [0.3, 0.4) is 0 Å². The Morgan fingerprint density at radius 3 is 2.43 bits per heavy atom. The van der Waals surface area contributed by atoms with Crippen LogP contribution < -0.4 is 5.32 Å². The molecule has 0 aliphatic carbocycles. The van der Waals surface area contributed by atoms with Gasteiger partial charge in [-0.25, -0.2) is 9.59 Å². The van der Waals surface area contributed by atoms with Gasteiger partial charge in [-0.05, 0) is 25.0 Å². The summed E-state index contributed by atoms with van der Waals surface area (Å²) in [5.74, 6) is -1.79. The van der Waals surface area contributed by atoms with Gasteiger partial charge < -0.3 is 14.8 Å². The van der Waals surface area contributed by atoms with Gasteiger partial charge in [0.2, 0.25) is 0 Å². The van der Waals surface area contributed by atoms with Gasteiger partial charge in [-0.3, -0.25) is 14.9 Å². The summed E-state index contributed by atoms with van der Waals surface area (Å²) in [6.45, 7) is 3.43. The minimum Gasteiger partial charge on any atom is -0.466 e. The fourth-order valence-corrected chi connectivity index (χ4v) is 5.00. The van der Waals surface area contributed by atoms with Crippen LogP contribution in [-0.4, -0.2) is 47.9 Å². The first-order chi connectivity index (χ1) is 17.8. The zero-order valence-corrected chi connectivity index (χ0v) is 21.6. The number of allylic oxidation sites excluding steroid dienone is 1. The van der Waals surface area contributed by atoms with Crippen LogP contribution in [0.1, 0.15) is 30.9 Å². The average molecular weight is 525 g/mol. The van der Waals surface area contributed by atoms with Crippen LogP contribution in [0.25, 0.3) is 0 Å². The molecule has 1 aliphatic rings. The first kappa shape index (κ1) is 27.7. The van der Waals surface area contributed by atoms with Crippen molar-refractivity contribution in [3.63, 3.8) is 0 Å². The lowest BCUT2D eigenvalue weighted by Gasteiger charge is -2.31. The number of dihydropyridines is 1. The van der Waals surface area contributed by atoms with Crippen molar-refractivity contribution >= 4 is 35.2 Å². The van der Waals surface area contributed by atoms with Crippen molar-refractivity contribution in [3.05, 3.63) is 98.4 Å². The van der Waals surface area contributed by atoms with E-state index in [2.05, 4.69) is 5.32 Å². The number of nitro groups is 1. The molecular weight excluding hydrogens is 496 g/mol. The predicted molar refractivity (Wildman–Crippen MR) is 140 cm³/mol. The normalized spacial score (nSPS) is 15.2. The molecule has 1 aliphatic heterocycles. The number of Topliss-reactive ketones (excluding diaryl/α,β-unsaturated/α-hetero) is 1. The third kappa shape index (κ3) is 6.85. The number of ether oxygens (including phenoxy) is 2. The van der Waals surface area contributed by atoms with Gasteiger partial charge >= 0.3 is 11.9 Å². The van der Waals surface area contributed by atoms with E-state index in [-0.39, 0.29) is 40.7 Å². The minimum atomic E-state index is -0.955. The molecule has 0 saturated heterocycles. The Bertz CT molecular complexity index is 1250. The molecule has 1 N–H and O–H groups in total. The number of hydrogen-bond acceptors (Lipinski definition) is 9. The van der Waals surface area contributed by atoms with Crippen molar-refractivity contribution in [1.29, 1.82) is 0 Å². The van der Waals surface area contributed by atoms with E-state index in [1.165, 1.54) is 37.1 Å². The second-order valence-electron chi connectivity index (χ2n) is 8.25. The maximum atomic E-state index is 13.2. The summed E-state index contributed by atoms with van der Waals surface area (Å²) < 4.78 is 10.3. The van der Waals surface area contributed by atoms with E-state index in [0.29, 0.717) is 23.4 Å². The standard InChI is InChI=1S/C27H28N2O7S/c1-4-36-27(32)25-22(16-37-15-21(30)13-18-9-6-5-7-10-18)28-17(2)23(26(31)35-3)24(25)19-11-8-12-20(14-19)29(33)34/h5-12,14,24,28H,4,13,15-16H2,1-3H3. The molecular formula is C27H28N2O7S. The number of hydrogen-bond donors (Lipinski definition) is 1. The number of ketones is 1. The molecule has 2 aromatic carbocycles. The molecule has 37 heavy (non-hydrogen) atoms. The molecule has 0 radical (unpaired) electrons.